The van der Waals surface area contributed by atoms with Crippen LogP contribution in [0.4, 0.5) is 5.82 Å². The lowest BCUT2D eigenvalue weighted by Gasteiger charge is -2.20. The highest BCUT2D eigenvalue weighted by atomic mass is 32.2. The van der Waals surface area contributed by atoms with E-state index in [1.54, 1.807) is 11.8 Å². The van der Waals surface area contributed by atoms with Gasteiger partial charge in [-0.25, -0.2) is 4.68 Å². The van der Waals surface area contributed by atoms with Crippen molar-refractivity contribution in [1.29, 1.82) is 0 Å². The Kier molecular flexibility index (Phi) is 4.84. The summed E-state index contributed by atoms with van der Waals surface area (Å²) in [6, 6.07) is 9.90. The molecule has 1 aromatic heterocycles. The Morgan fingerprint density at radius 3 is 2.65 bits per heavy atom. The quantitative estimate of drug-likeness (QED) is 0.766. The van der Waals surface area contributed by atoms with Gasteiger partial charge < -0.3 is 4.90 Å². The van der Waals surface area contributed by atoms with Crippen molar-refractivity contribution in [2.75, 3.05) is 30.5 Å². The second kappa shape index (κ2) is 6.61. The molecule has 2 aromatic rings. The Morgan fingerprint density at radius 2 is 2.05 bits per heavy atom. The van der Waals surface area contributed by atoms with Gasteiger partial charge in [-0.15, -0.1) is 0 Å². The standard InChI is InChI=1S/C15H19N3OS/c1-12-14(11-19)15(17(2)9-10-20-3)18(16-12)13-7-5-4-6-8-13/h4-8,11H,9-10H2,1-3H3. The van der Waals surface area contributed by atoms with Gasteiger partial charge in [-0.1, -0.05) is 18.2 Å². The average molecular weight is 289 g/mol. The SMILES string of the molecule is CSCCN(C)c1c(C=O)c(C)nn1-c1ccccc1. The van der Waals surface area contributed by atoms with Gasteiger partial charge in [-0.2, -0.15) is 16.9 Å². The Bertz CT molecular complexity index is 580. The molecule has 0 spiro atoms. The van der Waals surface area contributed by atoms with Crippen LogP contribution in [0.2, 0.25) is 0 Å². The summed E-state index contributed by atoms with van der Waals surface area (Å²) in [6.07, 6.45) is 2.97. The molecule has 0 aliphatic heterocycles. The van der Waals surface area contributed by atoms with E-state index in [0.717, 1.165) is 35.8 Å². The fraction of sp³-hybridized carbons (Fsp3) is 0.333. The molecule has 0 radical (unpaired) electrons. The summed E-state index contributed by atoms with van der Waals surface area (Å²) in [7, 11) is 2.00. The molecule has 0 saturated carbocycles. The second-order valence-electron chi connectivity index (χ2n) is 4.60. The highest BCUT2D eigenvalue weighted by Crippen LogP contribution is 2.25. The van der Waals surface area contributed by atoms with Crippen molar-refractivity contribution >= 4 is 23.9 Å². The van der Waals surface area contributed by atoms with E-state index < -0.39 is 0 Å². The van der Waals surface area contributed by atoms with E-state index in [1.807, 2.05) is 49.0 Å². The van der Waals surface area contributed by atoms with E-state index in [2.05, 4.69) is 16.3 Å². The van der Waals surface area contributed by atoms with Gasteiger partial charge in [0.25, 0.3) is 0 Å². The largest absolute Gasteiger partial charge is 0.358 e. The first kappa shape index (κ1) is 14.7. The van der Waals surface area contributed by atoms with Crippen LogP contribution in [0.5, 0.6) is 0 Å². The Hall–Kier alpha value is -1.75. The first-order chi connectivity index (χ1) is 9.69. The fourth-order valence-corrected chi connectivity index (χ4v) is 2.57. The zero-order valence-electron chi connectivity index (χ0n) is 12.0. The number of aromatic nitrogens is 2. The van der Waals surface area contributed by atoms with Crippen LogP contribution in [0.1, 0.15) is 16.1 Å². The molecule has 0 saturated heterocycles. The normalized spacial score (nSPS) is 10.6. The third kappa shape index (κ3) is 2.88. The zero-order chi connectivity index (χ0) is 14.5. The van der Waals surface area contributed by atoms with Crippen LogP contribution in [-0.2, 0) is 0 Å². The number of hydrogen-bond acceptors (Lipinski definition) is 4. The topological polar surface area (TPSA) is 38.1 Å². The van der Waals surface area contributed by atoms with Crippen LogP contribution in [-0.4, -0.2) is 41.7 Å². The number of para-hydroxylation sites is 1. The van der Waals surface area contributed by atoms with Gasteiger partial charge in [-0.05, 0) is 25.3 Å². The van der Waals surface area contributed by atoms with E-state index in [1.165, 1.54) is 0 Å². The van der Waals surface area contributed by atoms with Crippen molar-refractivity contribution in [1.82, 2.24) is 9.78 Å². The van der Waals surface area contributed by atoms with Gasteiger partial charge in [0.1, 0.15) is 5.82 Å². The van der Waals surface area contributed by atoms with Crippen molar-refractivity contribution in [3.05, 3.63) is 41.6 Å². The summed E-state index contributed by atoms with van der Waals surface area (Å²) >= 11 is 1.79. The summed E-state index contributed by atoms with van der Waals surface area (Å²) in [5, 5.41) is 4.52. The maximum atomic E-state index is 11.4. The smallest absolute Gasteiger partial charge is 0.155 e. The monoisotopic (exact) mass is 289 g/mol. The summed E-state index contributed by atoms with van der Waals surface area (Å²) in [5.74, 6) is 1.87. The Balaban J connectivity index is 2.49. The lowest BCUT2D eigenvalue weighted by Crippen LogP contribution is -2.24. The van der Waals surface area contributed by atoms with Gasteiger partial charge in [0.15, 0.2) is 6.29 Å². The lowest BCUT2D eigenvalue weighted by molar-refractivity contribution is 0.112. The first-order valence-electron chi connectivity index (χ1n) is 6.49. The van der Waals surface area contributed by atoms with Crippen LogP contribution < -0.4 is 4.90 Å². The van der Waals surface area contributed by atoms with Gasteiger partial charge in [0, 0.05) is 19.3 Å². The number of aldehydes is 1. The molecule has 1 aromatic carbocycles. The van der Waals surface area contributed by atoms with Gasteiger partial charge >= 0.3 is 0 Å². The van der Waals surface area contributed by atoms with Crippen LogP contribution >= 0.6 is 11.8 Å². The van der Waals surface area contributed by atoms with Crippen molar-refractivity contribution in [3.8, 4) is 5.69 Å². The van der Waals surface area contributed by atoms with Crippen LogP contribution in [0.15, 0.2) is 30.3 Å². The molecular formula is C15H19N3OS. The van der Waals surface area contributed by atoms with Crippen molar-refractivity contribution in [3.63, 3.8) is 0 Å². The number of thioether (sulfide) groups is 1. The van der Waals surface area contributed by atoms with Gasteiger partial charge in [-0.3, -0.25) is 4.79 Å². The number of carbonyl (C=O) groups excluding carboxylic acids is 1. The minimum Gasteiger partial charge on any atom is -0.358 e. The minimum atomic E-state index is 0.664. The van der Waals surface area contributed by atoms with Gasteiger partial charge in [0.05, 0.1) is 16.9 Å². The lowest BCUT2D eigenvalue weighted by atomic mass is 10.2. The Morgan fingerprint density at radius 1 is 1.35 bits per heavy atom. The summed E-state index contributed by atoms with van der Waals surface area (Å²) in [4.78, 5) is 13.5. The molecule has 2 rings (SSSR count). The third-order valence-electron chi connectivity index (χ3n) is 3.19. The number of benzene rings is 1. The number of nitrogens with zero attached hydrogens (tertiary/aromatic N) is 3. The van der Waals surface area contributed by atoms with E-state index in [9.17, 15) is 4.79 Å². The summed E-state index contributed by atoms with van der Waals surface area (Å²) in [6.45, 7) is 2.75. The summed E-state index contributed by atoms with van der Waals surface area (Å²) < 4.78 is 1.85. The number of carbonyl (C=O) groups is 1. The number of rotatable bonds is 6. The fourth-order valence-electron chi connectivity index (χ4n) is 2.12. The highest BCUT2D eigenvalue weighted by Gasteiger charge is 2.19. The molecule has 4 nitrogen and oxygen atoms in total. The molecule has 0 unspecified atom stereocenters. The van der Waals surface area contributed by atoms with Crippen LogP contribution in [0.3, 0.4) is 0 Å². The van der Waals surface area contributed by atoms with E-state index in [0.29, 0.717) is 5.56 Å². The molecule has 5 heteroatoms. The molecule has 0 N–H and O–H groups in total. The molecule has 0 aliphatic carbocycles. The zero-order valence-corrected chi connectivity index (χ0v) is 12.9. The second-order valence-corrected chi connectivity index (χ2v) is 5.59. The predicted octanol–water partition coefficient (Wildman–Crippen LogP) is 2.79. The van der Waals surface area contributed by atoms with E-state index in [-0.39, 0.29) is 0 Å². The summed E-state index contributed by atoms with van der Waals surface area (Å²) in [5.41, 5.74) is 2.39. The number of hydrogen-bond donors (Lipinski definition) is 0. The van der Waals surface area contributed by atoms with Crippen molar-refractivity contribution in [2.45, 2.75) is 6.92 Å². The van der Waals surface area contributed by atoms with Crippen LogP contribution in [0.25, 0.3) is 5.69 Å². The minimum absolute atomic E-state index is 0.664. The molecule has 0 amide bonds. The molecule has 0 atom stereocenters. The highest BCUT2D eigenvalue weighted by molar-refractivity contribution is 7.98. The Labute approximate surface area is 123 Å². The third-order valence-corrected chi connectivity index (χ3v) is 3.78. The predicted molar refractivity (Wildman–Crippen MR) is 85.3 cm³/mol. The van der Waals surface area contributed by atoms with Gasteiger partial charge in [0.2, 0.25) is 0 Å². The van der Waals surface area contributed by atoms with E-state index in [4.69, 9.17) is 0 Å². The number of aryl methyl sites for hydroxylation is 1. The number of anilines is 1. The van der Waals surface area contributed by atoms with Crippen molar-refractivity contribution in [2.24, 2.45) is 0 Å². The molecule has 0 bridgehead atoms. The molecule has 1 heterocycles. The molecule has 106 valence electrons. The van der Waals surface area contributed by atoms with E-state index >= 15 is 0 Å². The molecule has 20 heavy (non-hydrogen) atoms. The molecular weight excluding hydrogens is 270 g/mol. The first-order valence-corrected chi connectivity index (χ1v) is 7.88. The van der Waals surface area contributed by atoms with Crippen LogP contribution in [0, 0.1) is 6.92 Å². The average Bonchev–Trinajstić information content (AvgIpc) is 2.82. The van der Waals surface area contributed by atoms with Crippen molar-refractivity contribution < 1.29 is 4.79 Å². The maximum absolute atomic E-state index is 11.4. The maximum Gasteiger partial charge on any atom is 0.155 e. The molecule has 0 aliphatic rings. The molecule has 0 fully saturated rings.